The molecule has 0 saturated carbocycles. The van der Waals surface area contributed by atoms with Gasteiger partial charge in [-0.25, -0.2) is 8.42 Å². The molecule has 0 amide bonds. The van der Waals surface area contributed by atoms with Crippen LogP contribution in [-0.4, -0.2) is 20.0 Å². The monoisotopic (exact) mass is 378 g/mol. The van der Waals surface area contributed by atoms with Crippen LogP contribution in [0.15, 0.2) is 45.1 Å². The van der Waals surface area contributed by atoms with E-state index in [1.165, 1.54) is 23.5 Å². The van der Waals surface area contributed by atoms with Crippen LogP contribution in [0.25, 0.3) is 0 Å². The smallest absolute Gasteiger partial charge is 0.189 e. The Morgan fingerprint density at radius 2 is 2.05 bits per heavy atom. The van der Waals surface area contributed by atoms with E-state index in [2.05, 4.69) is 15.9 Å². The highest BCUT2D eigenvalue weighted by molar-refractivity contribution is 9.10. The Balaban J connectivity index is 2.28. The quantitative estimate of drug-likeness (QED) is 0.759. The van der Waals surface area contributed by atoms with Gasteiger partial charge in [-0.05, 0) is 45.6 Å². The van der Waals surface area contributed by atoms with Crippen LogP contribution in [0.5, 0.6) is 0 Å². The summed E-state index contributed by atoms with van der Waals surface area (Å²) in [5, 5.41) is 2.05. The highest BCUT2D eigenvalue weighted by Crippen LogP contribution is 2.25. The number of thiophene rings is 1. The predicted molar refractivity (Wildman–Crippen MR) is 79.9 cm³/mol. The minimum absolute atomic E-state index is 0.0565. The van der Waals surface area contributed by atoms with Gasteiger partial charge >= 0.3 is 0 Å². The van der Waals surface area contributed by atoms with Crippen LogP contribution in [0.1, 0.15) is 9.67 Å². The van der Waals surface area contributed by atoms with Crippen molar-refractivity contribution in [3.8, 4) is 0 Å². The van der Waals surface area contributed by atoms with Gasteiger partial charge in [0.25, 0.3) is 0 Å². The number of carbonyl (C=O) groups is 1. The Bertz CT molecular complexity index is 722. The standard InChI is InChI=1S/C12H8BrClO3S2/c13-10-4-5-18-12(10)11(15)7-19(16,17)9-3-1-2-8(14)6-9/h1-6H,7H2. The van der Waals surface area contributed by atoms with Crippen LogP contribution in [0, 0.1) is 0 Å². The molecule has 0 radical (unpaired) electrons. The average Bonchev–Trinajstić information content (AvgIpc) is 2.75. The summed E-state index contributed by atoms with van der Waals surface area (Å²) in [6.07, 6.45) is 0. The molecule has 0 fully saturated rings. The van der Waals surface area contributed by atoms with Crippen LogP contribution in [0.4, 0.5) is 0 Å². The number of halogens is 2. The summed E-state index contributed by atoms with van der Waals surface area (Å²) < 4.78 is 24.8. The van der Waals surface area contributed by atoms with Gasteiger partial charge in [0.2, 0.25) is 0 Å². The van der Waals surface area contributed by atoms with Crippen LogP contribution >= 0.6 is 38.9 Å². The molecule has 1 aromatic carbocycles. The van der Waals surface area contributed by atoms with Gasteiger partial charge in [-0.15, -0.1) is 11.3 Å². The average molecular weight is 380 g/mol. The molecule has 3 nitrogen and oxygen atoms in total. The van der Waals surface area contributed by atoms with Gasteiger partial charge in [0.1, 0.15) is 5.75 Å². The first kappa shape index (κ1) is 14.7. The maximum absolute atomic E-state index is 12.1. The summed E-state index contributed by atoms with van der Waals surface area (Å²) in [4.78, 5) is 12.4. The molecule has 0 N–H and O–H groups in total. The summed E-state index contributed by atoms with van der Waals surface area (Å²) in [5.41, 5.74) is 0. The third kappa shape index (κ3) is 3.45. The van der Waals surface area contributed by atoms with Crippen LogP contribution < -0.4 is 0 Å². The van der Waals surface area contributed by atoms with Crippen molar-refractivity contribution in [1.82, 2.24) is 0 Å². The molecule has 0 spiro atoms. The third-order valence-corrected chi connectivity index (χ3v) is 6.07. The summed E-state index contributed by atoms with van der Waals surface area (Å²) in [5.74, 6) is -0.992. The fourth-order valence-electron chi connectivity index (χ4n) is 1.47. The van der Waals surface area contributed by atoms with Crippen LogP contribution in [0.2, 0.25) is 5.02 Å². The normalized spacial score (nSPS) is 11.5. The maximum Gasteiger partial charge on any atom is 0.189 e. The fraction of sp³-hybridized carbons (Fsp3) is 0.0833. The Hall–Kier alpha value is -0.690. The zero-order valence-corrected chi connectivity index (χ0v) is 13.4. The van der Waals surface area contributed by atoms with E-state index in [0.29, 0.717) is 14.4 Å². The molecule has 0 atom stereocenters. The molecule has 100 valence electrons. The number of sulfone groups is 1. The minimum Gasteiger partial charge on any atom is -0.292 e. The van der Waals surface area contributed by atoms with E-state index < -0.39 is 21.4 Å². The summed E-state index contributed by atoms with van der Waals surface area (Å²) in [7, 11) is -3.67. The van der Waals surface area contributed by atoms with Crippen LogP contribution in [0.3, 0.4) is 0 Å². The lowest BCUT2D eigenvalue weighted by Gasteiger charge is -2.03. The molecule has 0 saturated heterocycles. The van der Waals surface area contributed by atoms with Crippen molar-refractivity contribution in [2.75, 3.05) is 5.75 Å². The summed E-state index contributed by atoms with van der Waals surface area (Å²) in [6, 6.07) is 7.61. The lowest BCUT2D eigenvalue weighted by Crippen LogP contribution is -2.15. The van der Waals surface area contributed by atoms with Gasteiger partial charge in [-0.2, -0.15) is 0 Å². The lowest BCUT2D eigenvalue weighted by atomic mass is 10.3. The predicted octanol–water partition coefficient (Wildman–Crippen LogP) is 3.82. The molecular formula is C12H8BrClO3S2. The first-order chi connectivity index (χ1) is 8.90. The lowest BCUT2D eigenvalue weighted by molar-refractivity contribution is 0.102. The molecule has 1 aromatic heterocycles. The number of Topliss-reactive ketones (excluding diaryl/α,β-unsaturated/α-hetero) is 1. The molecule has 19 heavy (non-hydrogen) atoms. The van der Waals surface area contributed by atoms with Gasteiger partial charge in [0.05, 0.1) is 9.77 Å². The number of benzene rings is 1. The van der Waals surface area contributed by atoms with Crippen molar-refractivity contribution in [3.63, 3.8) is 0 Å². The molecular weight excluding hydrogens is 372 g/mol. The largest absolute Gasteiger partial charge is 0.292 e. The van der Waals surface area contributed by atoms with E-state index in [-0.39, 0.29) is 4.90 Å². The molecule has 0 unspecified atom stereocenters. The second-order valence-electron chi connectivity index (χ2n) is 3.74. The zero-order chi connectivity index (χ0) is 14.0. The molecule has 7 heteroatoms. The first-order valence-electron chi connectivity index (χ1n) is 5.14. The minimum atomic E-state index is -3.67. The zero-order valence-electron chi connectivity index (χ0n) is 9.47. The number of ketones is 1. The second-order valence-corrected chi connectivity index (χ2v) is 7.93. The van der Waals surface area contributed by atoms with E-state index in [1.54, 1.807) is 23.6 Å². The van der Waals surface area contributed by atoms with E-state index >= 15 is 0 Å². The first-order valence-corrected chi connectivity index (χ1v) is 8.85. The van der Waals surface area contributed by atoms with Gasteiger partial charge in [0, 0.05) is 9.50 Å². The molecule has 2 rings (SSSR count). The van der Waals surface area contributed by atoms with Gasteiger partial charge in [-0.1, -0.05) is 17.7 Å². The Morgan fingerprint density at radius 3 is 2.63 bits per heavy atom. The molecule has 0 aliphatic carbocycles. The summed E-state index contributed by atoms with van der Waals surface area (Å²) >= 11 is 10.2. The van der Waals surface area contributed by atoms with Gasteiger partial charge in [-0.3, -0.25) is 4.79 Å². The topological polar surface area (TPSA) is 51.2 Å². The second kappa shape index (κ2) is 5.75. The molecule has 0 aliphatic heterocycles. The Labute approximate surface area is 128 Å². The highest BCUT2D eigenvalue weighted by atomic mass is 79.9. The SMILES string of the molecule is O=C(CS(=O)(=O)c1cccc(Cl)c1)c1sccc1Br. The van der Waals surface area contributed by atoms with E-state index in [4.69, 9.17) is 11.6 Å². The molecule has 2 aromatic rings. The van der Waals surface area contributed by atoms with Crippen molar-refractivity contribution in [3.05, 3.63) is 50.1 Å². The Kier molecular flexibility index (Phi) is 4.45. The molecule has 1 heterocycles. The number of carbonyl (C=O) groups excluding carboxylic acids is 1. The highest BCUT2D eigenvalue weighted by Gasteiger charge is 2.22. The Morgan fingerprint density at radius 1 is 1.32 bits per heavy atom. The van der Waals surface area contributed by atoms with Crippen molar-refractivity contribution >= 4 is 54.5 Å². The number of hydrogen-bond acceptors (Lipinski definition) is 4. The van der Waals surface area contributed by atoms with E-state index in [0.717, 1.165) is 0 Å². The number of rotatable bonds is 4. The van der Waals surface area contributed by atoms with Crippen molar-refractivity contribution < 1.29 is 13.2 Å². The van der Waals surface area contributed by atoms with Gasteiger partial charge < -0.3 is 0 Å². The summed E-state index contributed by atoms with van der Waals surface area (Å²) in [6.45, 7) is 0. The van der Waals surface area contributed by atoms with Gasteiger partial charge in [0.15, 0.2) is 15.6 Å². The molecule has 0 bridgehead atoms. The fourth-order valence-corrected chi connectivity index (χ4v) is 4.60. The molecule has 0 aliphatic rings. The maximum atomic E-state index is 12.1. The van der Waals surface area contributed by atoms with Crippen molar-refractivity contribution in [2.45, 2.75) is 4.90 Å². The third-order valence-electron chi connectivity index (χ3n) is 2.35. The van der Waals surface area contributed by atoms with Crippen molar-refractivity contribution in [2.24, 2.45) is 0 Å². The van der Waals surface area contributed by atoms with Crippen molar-refractivity contribution in [1.29, 1.82) is 0 Å². The van der Waals surface area contributed by atoms with E-state index in [9.17, 15) is 13.2 Å². The number of hydrogen-bond donors (Lipinski definition) is 0. The van der Waals surface area contributed by atoms with E-state index in [1.807, 2.05) is 0 Å². The van der Waals surface area contributed by atoms with Crippen LogP contribution in [-0.2, 0) is 9.84 Å².